The molecule has 11 heteroatoms. The SMILES string of the molecule is O=C1CCCN1c1ccc(S(=O)(=O)Oc2ccc(Cl)cc2Cl)cc1[N+](=O)[O-]. The molecular weight excluding hydrogens is 419 g/mol. The molecule has 1 amide bonds. The van der Waals surface area contributed by atoms with E-state index in [4.69, 9.17) is 27.4 Å². The highest BCUT2D eigenvalue weighted by atomic mass is 35.5. The number of carbonyl (C=O) groups excluding carboxylic acids is 1. The normalized spacial score (nSPS) is 14.4. The first kappa shape index (κ1) is 19.4. The van der Waals surface area contributed by atoms with Crippen LogP contribution in [0.5, 0.6) is 5.75 Å². The van der Waals surface area contributed by atoms with E-state index in [1.807, 2.05) is 0 Å². The fourth-order valence-electron chi connectivity index (χ4n) is 2.65. The number of hydrogen-bond donors (Lipinski definition) is 0. The van der Waals surface area contributed by atoms with Crippen molar-refractivity contribution in [2.24, 2.45) is 0 Å². The van der Waals surface area contributed by atoms with Crippen molar-refractivity contribution in [2.45, 2.75) is 17.7 Å². The van der Waals surface area contributed by atoms with Gasteiger partial charge in [-0.3, -0.25) is 14.9 Å². The highest BCUT2D eigenvalue weighted by Gasteiger charge is 2.30. The predicted octanol–water partition coefficient (Wildman–Crippen LogP) is 3.80. The van der Waals surface area contributed by atoms with Crippen LogP contribution in [0.2, 0.25) is 10.0 Å². The summed E-state index contributed by atoms with van der Waals surface area (Å²) in [5, 5.41) is 11.7. The van der Waals surface area contributed by atoms with Crippen LogP contribution < -0.4 is 9.08 Å². The monoisotopic (exact) mass is 430 g/mol. The zero-order valence-electron chi connectivity index (χ0n) is 13.6. The Hall–Kier alpha value is -2.36. The first-order valence-electron chi connectivity index (χ1n) is 7.67. The Bertz CT molecular complexity index is 1040. The first-order chi connectivity index (χ1) is 12.7. The number of rotatable bonds is 5. The van der Waals surface area contributed by atoms with Crippen LogP contribution in [0, 0.1) is 10.1 Å². The van der Waals surface area contributed by atoms with E-state index in [1.54, 1.807) is 0 Å². The Morgan fingerprint density at radius 3 is 2.48 bits per heavy atom. The molecule has 27 heavy (non-hydrogen) atoms. The van der Waals surface area contributed by atoms with E-state index in [1.165, 1.54) is 29.2 Å². The number of nitro groups is 1. The topological polar surface area (TPSA) is 107 Å². The van der Waals surface area contributed by atoms with Crippen molar-refractivity contribution >= 4 is 50.6 Å². The van der Waals surface area contributed by atoms with E-state index >= 15 is 0 Å². The van der Waals surface area contributed by atoms with Crippen LogP contribution in [0.3, 0.4) is 0 Å². The van der Waals surface area contributed by atoms with E-state index in [0.29, 0.717) is 18.0 Å². The molecule has 0 radical (unpaired) electrons. The average molecular weight is 431 g/mol. The summed E-state index contributed by atoms with van der Waals surface area (Å²) in [5.41, 5.74) is -0.455. The van der Waals surface area contributed by atoms with Gasteiger partial charge in [0.25, 0.3) is 5.69 Å². The highest BCUT2D eigenvalue weighted by molar-refractivity contribution is 7.87. The molecule has 0 atom stereocenters. The molecule has 1 aliphatic heterocycles. The van der Waals surface area contributed by atoms with Crippen LogP contribution in [0.1, 0.15) is 12.8 Å². The van der Waals surface area contributed by atoms with Gasteiger partial charge >= 0.3 is 10.1 Å². The molecule has 0 aromatic heterocycles. The summed E-state index contributed by atoms with van der Waals surface area (Å²) in [4.78, 5) is 23.4. The van der Waals surface area contributed by atoms with Gasteiger partial charge in [-0.1, -0.05) is 23.2 Å². The Morgan fingerprint density at radius 1 is 1.15 bits per heavy atom. The number of benzene rings is 2. The molecule has 2 aromatic rings. The van der Waals surface area contributed by atoms with Crippen LogP contribution in [0.25, 0.3) is 0 Å². The van der Waals surface area contributed by atoms with Crippen LogP contribution in [0.4, 0.5) is 11.4 Å². The van der Waals surface area contributed by atoms with Crippen LogP contribution in [-0.4, -0.2) is 25.8 Å². The molecule has 0 aliphatic carbocycles. The van der Waals surface area contributed by atoms with Crippen molar-refractivity contribution in [3.63, 3.8) is 0 Å². The molecule has 3 rings (SSSR count). The van der Waals surface area contributed by atoms with E-state index in [0.717, 1.165) is 12.1 Å². The lowest BCUT2D eigenvalue weighted by Crippen LogP contribution is -2.24. The smallest absolute Gasteiger partial charge is 0.339 e. The molecule has 0 spiro atoms. The maximum Gasteiger partial charge on any atom is 0.339 e. The van der Waals surface area contributed by atoms with Crippen molar-refractivity contribution in [2.75, 3.05) is 11.4 Å². The summed E-state index contributed by atoms with van der Waals surface area (Å²) in [5.74, 6) is -0.416. The fourth-order valence-corrected chi connectivity index (χ4v) is 4.11. The maximum atomic E-state index is 12.5. The predicted molar refractivity (Wildman–Crippen MR) is 99.0 cm³/mol. The molecule has 0 saturated carbocycles. The van der Waals surface area contributed by atoms with Crippen molar-refractivity contribution in [1.29, 1.82) is 0 Å². The number of carbonyl (C=O) groups is 1. The zero-order valence-corrected chi connectivity index (χ0v) is 15.9. The second kappa shape index (κ2) is 7.34. The maximum absolute atomic E-state index is 12.5. The Morgan fingerprint density at radius 2 is 1.89 bits per heavy atom. The molecule has 2 aromatic carbocycles. The van der Waals surface area contributed by atoms with Crippen LogP contribution in [-0.2, 0) is 14.9 Å². The summed E-state index contributed by atoms with van der Waals surface area (Å²) in [6, 6.07) is 7.20. The van der Waals surface area contributed by atoms with Gasteiger partial charge in [-0.05, 0) is 36.8 Å². The molecular formula is C16H12Cl2N2O6S. The highest BCUT2D eigenvalue weighted by Crippen LogP contribution is 2.35. The molecule has 0 N–H and O–H groups in total. The average Bonchev–Trinajstić information content (AvgIpc) is 3.02. The van der Waals surface area contributed by atoms with Crippen LogP contribution >= 0.6 is 23.2 Å². The lowest BCUT2D eigenvalue weighted by molar-refractivity contribution is -0.384. The van der Waals surface area contributed by atoms with Crippen molar-refractivity contribution in [1.82, 2.24) is 0 Å². The van der Waals surface area contributed by atoms with E-state index in [9.17, 15) is 23.3 Å². The quantitative estimate of drug-likeness (QED) is 0.405. The third-order valence-corrected chi connectivity index (χ3v) is 5.65. The van der Waals surface area contributed by atoms with Gasteiger partial charge in [-0.2, -0.15) is 8.42 Å². The Labute approximate surface area is 164 Å². The third kappa shape index (κ3) is 4.00. The molecule has 8 nitrogen and oxygen atoms in total. The standard InChI is InChI=1S/C16H12Cl2N2O6S/c17-10-3-6-15(12(18)8-10)26-27(24,25)11-4-5-13(14(9-11)20(22)23)19-7-1-2-16(19)21/h3-6,8-9H,1-2,7H2. The van der Waals surface area contributed by atoms with Gasteiger partial charge in [-0.15, -0.1) is 0 Å². The lowest BCUT2D eigenvalue weighted by atomic mass is 10.2. The summed E-state index contributed by atoms with van der Waals surface area (Å²) in [6.07, 6.45) is 0.865. The fraction of sp³-hybridized carbons (Fsp3) is 0.188. The number of hydrogen-bond acceptors (Lipinski definition) is 6. The summed E-state index contributed by atoms with van der Waals surface area (Å²) in [6.45, 7) is 0.336. The number of nitrogens with zero attached hydrogens (tertiary/aromatic N) is 2. The van der Waals surface area contributed by atoms with E-state index < -0.39 is 25.6 Å². The summed E-state index contributed by atoms with van der Waals surface area (Å²) >= 11 is 11.7. The molecule has 1 aliphatic rings. The number of anilines is 1. The van der Waals surface area contributed by atoms with Gasteiger partial charge in [-0.25, -0.2) is 0 Å². The second-order valence-electron chi connectivity index (χ2n) is 5.67. The van der Waals surface area contributed by atoms with E-state index in [-0.39, 0.29) is 28.8 Å². The summed E-state index contributed by atoms with van der Waals surface area (Å²) in [7, 11) is -4.39. The minimum atomic E-state index is -4.39. The number of amides is 1. The lowest BCUT2D eigenvalue weighted by Gasteiger charge is -2.16. The largest absolute Gasteiger partial charge is 0.377 e. The van der Waals surface area contributed by atoms with Gasteiger partial charge < -0.3 is 9.08 Å². The minimum absolute atomic E-state index is 0.0279. The van der Waals surface area contributed by atoms with Gasteiger partial charge in [0.2, 0.25) is 5.91 Å². The van der Waals surface area contributed by atoms with Gasteiger partial charge in [0.1, 0.15) is 10.6 Å². The van der Waals surface area contributed by atoms with Crippen LogP contribution in [0.15, 0.2) is 41.3 Å². The molecule has 0 bridgehead atoms. The molecule has 0 unspecified atom stereocenters. The van der Waals surface area contributed by atoms with Gasteiger partial charge in [0.15, 0.2) is 5.75 Å². The molecule has 1 heterocycles. The minimum Gasteiger partial charge on any atom is -0.377 e. The van der Waals surface area contributed by atoms with Gasteiger partial charge in [0, 0.05) is 24.1 Å². The number of halogens is 2. The molecule has 1 saturated heterocycles. The van der Waals surface area contributed by atoms with Crippen molar-refractivity contribution in [3.05, 3.63) is 56.6 Å². The van der Waals surface area contributed by atoms with Crippen molar-refractivity contribution in [3.8, 4) is 5.75 Å². The molecule has 1 fully saturated rings. The third-order valence-electron chi connectivity index (χ3n) is 3.89. The van der Waals surface area contributed by atoms with E-state index in [2.05, 4.69) is 0 Å². The van der Waals surface area contributed by atoms with Crippen molar-refractivity contribution < 1.29 is 22.3 Å². The Balaban J connectivity index is 1.99. The molecule has 142 valence electrons. The summed E-state index contributed by atoms with van der Waals surface area (Å²) < 4.78 is 30.0. The second-order valence-corrected chi connectivity index (χ2v) is 8.06. The zero-order chi connectivity index (χ0) is 19.8. The first-order valence-corrected chi connectivity index (χ1v) is 9.84. The van der Waals surface area contributed by atoms with Gasteiger partial charge in [0.05, 0.1) is 9.95 Å². The number of nitro benzene ring substituents is 1. The Kier molecular flexibility index (Phi) is 5.27.